The van der Waals surface area contributed by atoms with Crippen LogP contribution < -0.4 is 4.72 Å². The monoisotopic (exact) mass is 313 g/mol. The average Bonchev–Trinajstić information content (AvgIpc) is 2.95. The number of thiophene rings is 1. The highest BCUT2D eigenvalue weighted by Gasteiger charge is 2.21. The molecule has 0 bridgehead atoms. The Morgan fingerprint density at radius 3 is 2.75 bits per heavy atom. The van der Waals surface area contributed by atoms with E-state index >= 15 is 0 Å². The van der Waals surface area contributed by atoms with Gasteiger partial charge in [-0.1, -0.05) is 0 Å². The average molecular weight is 313 g/mol. The van der Waals surface area contributed by atoms with Crippen LogP contribution in [0.15, 0.2) is 22.7 Å². The zero-order chi connectivity index (χ0) is 14.9. The van der Waals surface area contributed by atoms with Gasteiger partial charge in [0.15, 0.2) is 10.8 Å². The number of ketones is 1. The number of rotatable bonds is 5. The maximum absolute atomic E-state index is 12.3. The molecule has 0 radical (unpaired) electrons. The summed E-state index contributed by atoms with van der Waals surface area (Å²) in [4.78, 5) is 15.4. The molecule has 0 fully saturated rings. The summed E-state index contributed by atoms with van der Waals surface area (Å²) in [6, 6.07) is 1.60. The summed E-state index contributed by atoms with van der Waals surface area (Å²) in [6.45, 7) is 5.70. The van der Waals surface area contributed by atoms with Gasteiger partial charge in [-0.15, -0.1) is 11.3 Å². The Morgan fingerprint density at radius 2 is 2.20 bits per heavy atom. The number of anilines is 1. The first-order valence-corrected chi connectivity index (χ1v) is 8.36. The van der Waals surface area contributed by atoms with Crippen LogP contribution in [0.2, 0.25) is 0 Å². The fourth-order valence-electron chi connectivity index (χ4n) is 1.77. The highest BCUT2D eigenvalue weighted by Crippen LogP contribution is 2.26. The Hall–Kier alpha value is -1.67. The number of Topliss-reactive ketones (excluding diaryl/α,β-unsaturated/α-hetero) is 1. The molecule has 8 heteroatoms. The molecule has 2 aromatic rings. The molecule has 0 aliphatic rings. The third kappa shape index (κ3) is 2.75. The molecular weight excluding hydrogens is 298 g/mol. The Labute approximate surface area is 121 Å². The van der Waals surface area contributed by atoms with Crippen molar-refractivity contribution in [1.29, 1.82) is 0 Å². The van der Waals surface area contributed by atoms with Crippen LogP contribution in [0.3, 0.4) is 0 Å². The molecule has 0 aromatic carbocycles. The van der Waals surface area contributed by atoms with E-state index in [0.717, 1.165) is 0 Å². The van der Waals surface area contributed by atoms with Gasteiger partial charge in [0, 0.05) is 12.7 Å². The van der Waals surface area contributed by atoms with E-state index < -0.39 is 10.0 Å². The van der Waals surface area contributed by atoms with Crippen LogP contribution in [0.4, 0.5) is 5.00 Å². The molecule has 2 rings (SSSR count). The van der Waals surface area contributed by atoms with Gasteiger partial charge in [0.2, 0.25) is 0 Å². The summed E-state index contributed by atoms with van der Waals surface area (Å²) in [5, 5.41) is 1.95. The van der Waals surface area contributed by atoms with Crippen LogP contribution in [0, 0.1) is 6.92 Å². The number of aromatic nitrogens is 2. The lowest BCUT2D eigenvalue weighted by atomic mass is 10.2. The summed E-state index contributed by atoms with van der Waals surface area (Å²) in [6.07, 6.45) is 1.48. The number of carbonyl (C=O) groups is 1. The van der Waals surface area contributed by atoms with Crippen LogP contribution >= 0.6 is 11.3 Å². The highest BCUT2D eigenvalue weighted by molar-refractivity contribution is 7.92. The van der Waals surface area contributed by atoms with Crippen LogP contribution in [0.25, 0.3) is 0 Å². The predicted molar refractivity (Wildman–Crippen MR) is 77.8 cm³/mol. The number of nitrogens with zero attached hydrogens (tertiary/aromatic N) is 2. The third-order valence-electron chi connectivity index (χ3n) is 2.84. The van der Waals surface area contributed by atoms with Gasteiger partial charge < -0.3 is 4.57 Å². The molecular formula is C12H15N3O3S2. The molecule has 0 saturated carbocycles. The number of carbonyl (C=O) groups excluding carboxylic acids is 1. The molecule has 0 atom stereocenters. The second kappa shape index (κ2) is 5.37. The van der Waals surface area contributed by atoms with Gasteiger partial charge in [-0.05, 0) is 32.2 Å². The largest absolute Gasteiger partial charge is 0.334 e. The van der Waals surface area contributed by atoms with E-state index in [0.29, 0.717) is 22.9 Å². The van der Waals surface area contributed by atoms with Gasteiger partial charge in [-0.3, -0.25) is 9.52 Å². The molecule has 0 aliphatic carbocycles. The smallest absolute Gasteiger partial charge is 0.281 e. The summed E-state index contributed by atoms with van der Waals surface area (Å²) in [5.74, 6) is 0.449. The maximum Gasteiger partial charge on any atom is 0.281 e. The van der Waals surface area contributed by atoms with Crippen molar-refractivity contribution in [3.05, 3.63) is 29.0 Å². The molecule has 0 saturated heterocycles. The van der Waals surface area contributed by atoms with Crippen molar-refractivity contribution in [3.63, 3.8) is 0 Å². The van der Waals surface area contributed by atoms with E-state index in [9.17, 15) is 13.2 Å². The van der Waals surface area contributed by atoms with Crippen molar-refractivity contribution < 1.29 is 13.2 Å². The minimum Gasteiger partial charge on any atom is -0.334 e. The molecule has 0 spiro atoms. The quantitative estimate of drug-likeness (QED) is 0.859. The molecule has 6 nitrogen and oxygen atoms in total. The molecule has 1 N–H and O–H groups in total. The second-order valence-corrected chi connectivity index (χ2v) is 6.78. The van der Waals surface area contributed by atoms with Gasteiger partial charge in [0.1, 0.15) is 10.8 Å². The van der Waals surface area contributed by atoms with E-state index in [1.54, 1.807) is 22.9 Å². The highest BCUT2D eigenvalue weighted by atomic mass is 32.2. The van der Waals surface area contributed by atoms with E-state index in [1.807, 2.05) is 6.92 Å². The Morgan fingerprint density at radius 1 is 1.50 bits per heavy atom. The minimum absolute atomic E-state index is 0.0419. The first-order chi connectivity index (χ1) is 9.35. The number of hydrogen-bond donors (Lipinski definition) is 1. The third-order valence-corrected chi connectivity index (χ3v) is 5.02. The normalized spacial score (nSPS) is 11.6. The van der Waals surface area contributed by atoms with Crippen molar-refractivity contribution in [2.45, 2.75) is 32.3 Å². The Kier molecular flexibility index (Phi) is 3.96. The molecule has 2 heterocycles. The zero-order valence-corrected chi connectivity index (χ0v) is 13.0. The summed E-state index contributed by atoms with van der Waals surface area (Å²) in [7, 11) is -3.77. The number of sulfonamides is 1. The van der Waals surface area contributed by atoms with Gasteiger partial charge in [0.25, 0.3) is 10.0 Å². The van der Waals surface area contributed by atoms with E-state index in [-0.39, 0.29) is 10.8 Å². The van der Waals surface area contributed by atoms with E-state index in [4.69, 9.17) is 0 Å². The molecule has 108 valence electrons. The van der Waals surface area contributed by atoms with Crippen molar-refractivity contribution in [1.82, 2.24) is 9.55 Å². The summed E-state index contributed by atoms with van der Waals surface area (Å²) >= 11 is 1.17. The maximum atomic E-state index is 12.3. The Bertz CT molecular complexity index is 744. The standard InChI is InChI=1S/C12H15N3O3S2/c1-4-15-7-11(13-9(15)3)20(17,18)14-12-10(8(2)16)5-6-19-12/h5-7,14H,4H2,1-3H3. The topological polar surface area (TPSA) is 81.1 Å². The van der Waals surface area contributed by atoms with Crippen molar-refractivity contribution in [3.8, 4) is 0 Å². The SMILES string of the molecule is CCn1cc(S(=O)(=O)Nc2sccc2C(C)=O)nc1C. The van der Waals surface area contributed by atoms with Gasteiger partial charge >= 0.3 is 0 Å². The molecule has 0 unspecified atom stereocenters. The lowest BCUT2D eigenvalue weighted by Crippen LogP contribution is -2.14. The number of imidazole rings is 1. The molecule has 0 aliphatic heterocycles. The molecule has 20 heavy (non-hydrogen) atoms. The van der Waals surface area contributed by atoms with Crippen LogP contribution in [-0.2, 0) is 16.6 Å². The van der Waals surface area contributed by atoms with Crippen molar-refractivity contribution in [2.75, 3.05) is 4.72 Å². The number of aryl methyl sites for hydroxylation is 2. The second-order valence-electron chi connectivity index (χ2n) is 4.24. The summed E-state index contributed by atoms with van der Waals surface area (Å²) < 4.78 is 28.7. The van der Waals surface area contributed by atoms with Crippen LogP contribution in [-0.4, -0.2) is 23.8 Å². The molecule has 2 aromatic heterocycles. The van der Waals surface area contributed by atoms with E-state index in [1.165, 1.54) is 24.5 Å². The summed E-state index contributed by atoms with van der Waals surface area (Å²) in [5.41, 5.74) is 0.366. The fraction of sp³-hybridized carbons (Fsp3) is 0.333. The van der Waals surface area contributed by atoms with Crippen molar-refractivity contribution in [2.24, 2.45) is 0 Å². The Balaban J connectivity index is 2.35. The van der Waals surface area contributed by atoms with Crippen molar-refractivity contribution >= 4 is 32.1 Å². The van der Waals surface area contributed by atoms with Gasteiger partial charge in [0.05, 0.1) is 5.56 Å². The minimum atomic E-state index is -3.77. The molecule has 0 amide bonds. The predicted octanol–water partition coefficient (Wildman–Crippen LogP) is 2.28. The van der Waals surface area contributed by atoms with Crippen LogP contribution in [0.1, 0.15) is 30.0 Å². The lowest BCUT2D eigenvalue weighted by Gasteiger charge is -2.04. The number of nitrogens with one attached hydrogen (secondary N) is 1. The first-order valence-electron chi connectivity index (χ1n) is 6.00. The zero-order valence-electron chi connectivity index (χ0n) is 11.4. The van der Waals surface area contributed by atoms with E-state index in [2.05, 4.69) is 9.71 Å². The van der Waals surface area contributed by atoms with Gasteiger partial charge in [-0.2, -0.15) is 8.42 Å². The fourth-order valence-corrected chi connectivity index (χ4v) is 3.95. The van der Waals surface area contributed by atoms with Crippen LogP contribution in [0.5, 0.6) is 0 Å². The first kappa shape index (κ1) is 14.7. The number of hydrogen-bond acceptors (Lipinski definition) is 5. The van der Waals surface area contributed by atoms with Gasteiger partial charge in [-0.25, -0.2) is 4.98 Å². The lowest BCUT2D eigenvalue weighted by molar-refractivity contribution is 0.101.